The largest absolute Gasteiger partial charge is 0.357 e. The van der Waals surface area contributed by atoms with Crippen molar-refractivity contribution < 1.29 is 4.79 Å². The van der Waals surface area contributed by atoms with E-state index in [0.29, 0.717) is 12.5 Å². The van der Waals surface area contributed by atoms with Crippen molar-refractivity contribution >= 4 is 16.9 Å². The lowest BCUT2D eigenvalue weighted by Crippen LogP contribution is -2.44. The minimum atomic E-state index is 0.0277. The number of nitrogens with zero attached hydrogens (tertiary/aromatic N) is 2. The van der Waals surface area contributed by atoms with Crippen molar-refractivity contribution in [2.75, 3.05) is 13.1 Å². The number of piperidine rings is 1. The number of likely N-dealkylation sites (tertiary alicyclic amines) is 1. The number of pyridine rings is 1. The van der Waals surface area contributed by atoms with Crippen LogP contribution in [0.3, 0.4) is 0 Å². The molecule has 5 heteroatoms. The predicted octanol–water partition coefficient (Wildman–Crippen LogP) is 3.73. The number of amides is 2. The summed E-state index contributed by atoms with van der Waals surface area (Å²) in [7, 11) is 0. The summed E-state index contributed by atoms with van der Waals surface area (Å²) >= 11 is 0. The number of carbonyl (C=O) groups excluding carboxylic acids is 1. The van der Waals surface area contributed by atoms with Crippen LogP contribution in [-0.2, 0) is 13.0 Å². The highest BCUT2D eigenvalue weighted by Crippen LogP contribution is 2.21. The lowest BCUT2D eigenvalue weighted by atomic mass is 9.90. The van der Waals surface area contributed by atoms with Crippen LogP contribution in [0.25, 0.3) is 10.9 Å². The maximum Gasteiger partial charge on any atom is 0.317 e. The molecule has 1 saturated heterocycles. The Morgan fingerprint density at radius 3 is 2.77 bits per heavy atom. The number of carbonyl (C=O) groups is 1. The zero-order chi connectivity index (χ0) is 17.8. The number of hydrogen-bond acceptors (Lipinski definition) is 2. The summed E-state index contributed by atoms with van der Waals surface area (Å²) in [4.78, 5) is 21.8. The van der Waals surface area contributed by atoms with Gasteiger partial charge in [-0.1, -0.05) is 30.3 Å². The Kier molecular flexibility index (Phi) is 4.86. The van der Waals surface area contributed by atoms with Crippen LogP contribution in [0.4, 0.5) is 4.79 Å². The molecule has 1 aliphatic rings. The fraction of sp³-hybridized carbons (Fsp3) is 0.333. The van der Waals surface area contributed by atoms with E-state index in [4.69, 9.17) is 0 Å². The number of fused-ring (bicyclic) bond motifs is 1. The molecule has 2 amide bonds. The number of H-pyrrole nitrogens is 1. The zero-order valence-electron chi connectivity index (χ0n) is 14.8. The SMILES string of the molecule is O=C(NCc1cc2cnccc2[nH]1)N1CCC(Cc2ccccc2)CC1. The Bertz CT molecular complexity index is 833. The van der Waals surface area contributed by atoms with Gasteiger partial charge in [-0.15, -0.1) is 0 Å². The van der Waals surface area contributed by atoms with Gasteiger partial charge in [-0.3, -0.25) is 4.98 Å². The summed E-state index contributed by atoms with van der Waals surface area (Å²) in [6.45, 7) is 2.18. The summed E-state index contributed by atoms with van der Waals surface area (Å²) in [6.07, 6.45) is 6.84. The first-order valence-electron chi connectivity index (χ1n) is 9.26. The first kappa shape index (κ1) is 16.6. The molecule has 26 heavy (non-hydrogen) atoms. The topological polar surface area (TPSA) is 61.0 Å². The van der Waals surface area contributed by atoms with Crippen LogP contribution in [0.5, 0.6) is 0 Å². The smallest absolute Gasteiger partial charge is 0.317 e. The van der Waals surface area contributed by atoms with Crippen LogP contribution in [0, 0.1) is 5.92 Å². The lowest BCUT2D eigenvalue weighted by Gasteiger charge is -2.32. The van der Waals surface area contributed by atoms with Gasteiger partial charge in [0, 0.05) is 42.1 Å². The van der Waals surface area contributed by atoms with Crippen molar-refractivity contribution in [1.82, 2.24) is 20.2 Å². The highest BCUT2D eigenvalue weighted by molar-refractivity contribution is 5.79. The van der Waals surface area contributed by atoms with Crippen LogP contribution < -0.4 is 5.32 Å². The molecule has 134 valence electrons. The molecule has 1 aromatic carbocycles. The fourth-order valence-corrected chi connectivity index (χ4v) is 3.70. The molecule has 1 aliphatic heterocycles. The Hall–Kier alpha value is -2.82. The summed E-state index contributed by atoms with van der Waals surface area (Å²) < 4.78 is 0. The molecule has 0 spiro atoms. The van der Waals surface area contributed by atoms with Gasteiger partial charge < -0.3 is 15.2 Å². The molecule has 0 aliphatic carbocycles. The fourth-order valence-electron chi connectivity index (χ4n) is 3.70. The minimum absolute atomic E-state index is 0.0277. The number of nitrogens with one attached hydrogen (secondary N) is 2. The van der Waals surface area contributed by atoms with Crippen molar-refractivity contribution in [2.24, 2.45) is 5.92 Å². The molecule has 4 rings (SSSR count). The van der Waals surface area contributed by atoms with Crippen LogP contribution in [-0.4, -0.2) is 34.0 Å². The third-order valence-electron chi connectivity index (χ3n) is 5.18. The summed E-state index contributed by atoms with van der Waals surface area (Å²) in [5.41, 5.74) is 3.44. The molecular weight excluding hydrogens is 324 g/mol. The highest BCUT2D eigenvalue weighted by atomic mass is 16.2. The first-order valence-corrected chi connectivity index (χ1v) is 9.26. The normalized spacial score (nSPS) is 15.3. The number of rotatable bonds is 4. The van der Waals surface area contributed by atoms with Gasteiger partial charge in [-0.05, 0) is 42.9 Å². The molecule has 0 radical (unpaired) electrons. The lowest BCUT2D eigenvalue weighted by molar-refractivity contribution is 0.170. The molecule has 0 atom stereocenters. The van der Waals surface area contributed by atoms with Gasteiger partial charge in [0.1, 0.15) is 0 Å². The zero-order valence-corrected chi connectivity index (χ0v) is 14.8. The predicted molar refractivity (Wildman–Crippen MR) is 103 cm³/mol. The van der Waals surface area contributed by atoms with Crippen molar-refractivity contribution in [3.63, 3.8) is 0 Å². The average Bonchev–Trinajstić information content (AvgIpc) is 3.10. The molecule has 3 aromatic rings. The second kappa shape index (κ2) is 7.60. The Morgan fingerprint density at radius 2 is 2.00 bits per heavy atom. The van der Waals surface area contributed by atoms with Crippen LogP contribution in [0.1, 0.15) is 24.1 Å². The van der Waals surface area contributed by atoms with Crippen LogP contribution in [0.15, 0.2) is 54.9 Å². The number of benzene rings is 1. The van der Waals surface area contributed by atoms with Gasteiger partial charge in [-0.2, -0.15) is 0 Å². The van der Waals surface area contributed by atoms with E-state index in [2.05, 4.69) is 45.6 Å². The van der Waals surface area contributed by atoms with E-state index in [-0.39, 0.29) is 6.03 Å². The van der Waals surface area contributed by atoms with Gasteiger partial charge in [0.05, 0.1) is 6.54 Å². The monoisotopic (exact) mass is 348 g/mol. The first-order chi connectivity index (χ1) is 12.8. The molecule has 2 N–H and O–H groups in total. The quantitative estimate of drug-likeness (QED) is 0.755. The average molecular weight is 348 g/mol. The van der Waals surface area contributed by atoms with E-state index in [0.717, 1.165) is 48.9 Å². The maximum atomic E-state index is 12.4. The van der Waals surface area contributed by atoms with E-state index >= 15 is 0 Å². The Balaban J connectivity index is 1.25. The van der Waals surface area contributed by atoms with Gasteiger partial charge in [0.2, 0.25) is 0 Å². The maximum absolute atomic E-state index is 12.4. The molecule has 3 heterocycles. The molecule has 5 nitrogen and oxygen atoms in total. The second-order valence-electron chi connectivity index (χ2n) is 7.04. The van der Waals surface area contributed by atoms with Gasteiger partial charge in [0.15, 0.2) is 0 Å². The summed E-state index contributed by atoms with van der Waals surface area (Å²) in [5, 5.41) is 4.10. The third kappa shape index (κ3) is 3.87. The van der Waals surface area contributed by atoms with E-state index in [1.165, 1.54) is 5.56 Å². The Morgan fingerprint density at radius 1 is 1.19 bits per heavy atom. The van der Waals surface area contributed by atoms with Gasteiger partial charge >= 0.3 is 6.03 Å². The third-order valence-corrected chi connectivity index (χ3v) is 5.18. The van der Waals surface area contributed by atoms with E-state index in [1.54, 1.807) is 6.20 Å². The number of aromatic amines is 1. The molecule has 1 fully saturated rings. The second-order valence-corrected chi connectivity index (χ2v) is 7.04. The van der Waals surface area contributed by atoms with Crippen LogP contribution in [0.2, 0.25) is 0 Å². The number of aromatic nitrogens is 2. The highest BCUT2D eigenvalue weighted by Gasteiger charge is 2.22. The number of urea groups is 1. The number of hydrogen-bond donors (Lipinski definition) is 2. The van der Waals surface area contributed by atoms with E-state index in [1.807, 2.05) is 23.2 Å². The van der Waals surface area contributed by atoms with Crippen molar-refractivity contribution in [3.05, 3.63) is 66.1 Å². The van der Waals surface area contributed by atoms with Crippen molar-refractivity contribution in [3.8, 4) is 0 Å². The van der Waals surface area contributed by atoms with Crippen molar-refractivity contribution in [2.45, 2.75) is 25.8 Å². The standard InChI is InChI=1S/C21H24N4O/c26-21(23-15-19-13-18-14-22-9-6-20(18)24-19)25-10-7-17(8-11-25)12-16-4-2-1-3-5-16/h1-6,9,13-14,17,24H,7-8,10-12,15H2,(H,23,26). The Labute approximate surface area is 153 Å². The van der Waals surface area contributed by atoms with Gasteiger partial charge in [0.25, 0.3) is 0 Å². The molecular formula is C21H24N4O. The minimum Gasteiger partial charge on any atom is -0.357 e. The summed E-state index contributed by atoms with van der Waals surface area (Å²) in [6, 6.07) is 14.6. The van der Waals surface area contributed by atoms with E-state index in [9.17, 15) is 4.79 Å². The van der Waals surface area contributed by atoms with Gasteiger partial charge in [-0.25, -0.2) is 4.79 Å². The molecule has 0 saturated carbocycles. The molecule has 0 unspecified atom stereocenters. The molecule has 2 aromatic heterocycles. The van der Waals surface area contributed by atoms with E-state index < -0.39 is 0 Å². The van der Waals surface area contributed by atoms with Crippen molar-refractivity contribution in [1.29, 1.82) is 0 Å². The summed E-state index contributed by atoms with van der Waals surface area (Å²) in [5.74, 6) is 0.669. The molecule has 0 bridgehead atoms. The van der Waals surface area contributed by atoms with Crippen LogP contribution >= 0.6 is 0 Å².